The minimum absolute atomic E-state index is 0.00500. The summed E-state index contributed by atoms with van der Waals surface area (Å²) < 4.78 is 1.82. The van der Waals surface area contributed by atoms with Crippen LogP contribution in [0.5, 0.6) is 0 Å². The van der Waals surface area contributed by atoms with Gasteiger partial charge < -0.3 is 0 Å². The van der Waals surface area contributed by atoms with Crippen molar-refractivity contribution in [3.05, 3.63) is 53.3 Å². The molecule has 0 saturated carbocycles. The van der Waals surface area contributed by atoms with E-state index in [1.807, 2.05) is 36.7 Å². The summed E-state index contributed by atoms with van der Waals surface area (Å²) in [6.07, 6.45) is 3.64. The molecule has 0 aliphatic heterocycles. The highest BCUT2D eigenvalue weighted by Gasteiger charge is 2.30. The minimum atomic E-state index is 0.00500. The molecule has 1 heterocycles. The van der Waals surface area contributed by atoms with Gasteiger partial charge in [0.25, 0.3) is 0 Å². The number of ketones is 1. The first kappa shape index (κ1) is 12.2. The zero-order valence-electron chi connectivity index (χ0n) is 11.3. The van der Waals surface area contributed by atoms with E-state index in [1.165, 1.54) is 11.1 Å². The van der Waals surface area contributed by atoms with Crippen LogP contribution >= 0.6 is 0 Å². The molecule has 0 fully saturated rings. The molecule has 1 aromatic heterocycles. The fourth-order valence-corrected chi connectivity index (χ4v) is 2.93. The summed E-state index contributed by atoms with van der Waals surface area (Å²) in [6.45, 7) is 4.10. The smallest absolute Gasteiger partial charge is 0.188 e. The fraction of sp³-hybridized carbons (Fsp3) is 0.375. The van der Waals surface area contributed by atoms with Gasteiger partial charge in [0.1, 0.15) is 5.69 Å². The fourth-order valence-electron chi connectivity index (χ4n) is 2.93. The van der Waals surface area contributed by atoms with Crippen molar-refractivity contribution in [3.8, 4) is 0 Å². The number of aryl methyl sites for hydroxylation is 1. The van der Waals surface area contributed by atoms with Crippen LogP contribution in [0.25, 0.3) is 0 Å². The number of carbonyl (C=O) groups is 1. The maximum Gasteiger partial charge on any atom is 0.188 e. The van der Waals surface area contributed by atoms with Crippen LogP contribution < -0.4 is 0 Å². The average Bonchev–Trinajstić information content (AvgIpc) is 3.05. The predicted molar refractivity (Wildman–Crippen MR) is 74.4 cm³/mol. The summed E-state index contributed by atoms with van der Waals surface area (Å²) in [7, 11) is 0. The second-order valence-corrected chi connectivity index (χ2v) is 5.41. The third-order valence-electron chi connectivity index (χ3n) is 3.86. The number of aromatic nitrogens is 2. The molecule has 1 aliphatic rings. The summed E-state index contributed by atoms with van der Waals surface area (Å²) >= 11 is 0. The molecular formula is C16H18N2O. The van der Waals surface area contributed by atoms with E-state index in [4.69, 9.17) is 0 Å². The number of hydrogen-bond donors (Lipinski definition) is 0. The van der Waals surface area contributed by atoms with Crippen molar-refractivity contribution in [1.29, 1.82) is 0 Å². The second-order valence-electron chi connectivity index (χ2n) is 5.41. The number of Topliss-reactive ketones (excluding diaryl/α,β-unsaturated/α-hetero) is 1. The molecule has 0 bridgehead atoms. The average molecular weight is 254 g/mol. The van der Waals surface area contributed by atoms with E-state index < -0.39 is 0 Å². The van der Waals surface area contributed by atoms with Crippen molar-refractivity contribution in [3.63, 3.8) is 0 Å². The highest BCUT2D eigenvalue weighted by Crippen LogP contribution is 2.35. The van der Waals surface area contributed by atoms with E-state index in [-0.39, 0.29) is 17.7 Å². The molecule has 2 aromatic rings. The molecule has 0 spiro atoms. The molecule has 3 nitrogen and oxygen atoms in total. The number of benzene rings is 1. The molecule has 1 atom stereocenters. The van der Waals surface area contributed by atoms with Gasteiger partial charge in [-0.2, -0.15) is 5.10 Å². The van der Waals surface area contributed by atoms with Crippen LogP contribution in [0.15, 0.2) is 36.5 Å². The quantitative estimate of drug-likeness (QED) is 0.787. The first-order valence-corrected chi connectivity index (χ1v) is 6.84. The van der Waals surface area contributed by atoms with Crippen LogP contribution in [0.1, 0.15) is 53.8 Å². The lowest BCUT2D eigenvalue weighted by Gasteiger charge is -2.14. The zero-order valence-corrected chi connectivity index (χ0v) is 11.3. The first-order chi connectivity index (χ1) is 9.18. The van der Waals surface area contributed by atoms with Crippen molar-refractivity contribution in [2.45, 2.75) is 38.6 Å². The largest absolute Gasteiger partial charge is 0.292 e. The Hall–Kier alpha value is -1.90. The van der Waals surface area contributed by atoms with E-state index in [2.05, 4.69) is 17.2 Å². The van der Waals surface area contributed by atoms with Crippen LogP contribution in [-0.2, 0) is 6.42 Å². The van der Waals surface area contributed by atoms with Gasteiger partial charge in [0.05, 0.1) is 0 Å². The van der Waals surface area contributed by atoms with Crippen LogP contribution in [0.2, 0.25) is 0 Å². The van der Waals surface area contributed by atoms with Crippen LogP contribution in [0, 0.1) is 0 Å². The van der Waals surface area contributed by atoms with Gasteiger partial charge in [0.2, 0.25) is 0 Å². The topological polar surface area (TPSA) is 34.9 Å². The van der Waals surface area contributed by atoms with Gasteiger partial charge in [-0.25, -0.2) is 0 Å². The Morgan fingerprint density at radius 2 is 2.11 bits per heavy atom. The van der Waals surface area contributed by atoms with Crippen molar-refractivity contribution in [2.75, 3.05) is 0 Å². The standard InChI is InChI=1S/C16H18N2O/c1-11(2)18-15(9-10-17-18)16(19)14-8-7-12-5-3-4-6-13(12)14/h3-6,9-11,14H,7-8H2,1-2H3. The summed E-state index contributed by atoms with van der Waals surface area (Å²) in [5.41, 5.74) is 3.25. The van der Waals surface area contributed by atoms with Gasteiger partial charge in [-0.3, -0.25) is 9.48 Å². The SMILES string of the molecule is CC(C)n1nccc1C(=O)C1CCc2ccccc21. The minimum Gasteiger partial charge on any atom is -0.292 e. The normalized spacial score (nSPS) is 17.7. The Labute approximate surface area is 113 Å². The highest BCUT2D eigenvalue weighted by atomic mass is 16.1. The van der Waals surface area contributed by atoms with Gasteiger partial charge in [-0.05, 0) is 43.9 Å². The van der Waals surface area contributed by atoms with E-state index in [0.717, 1.165) is 18.5 Å². The first-order valence-electron chi connectivity index (χ1n) is 6.84. The third kappa shape index (κ3) is 1.99. The molecule has 3 heteroatoms. The monoisotopic (exact) mass is 254 g/mol. The number of carbonyl (C=O) groups excluding carboxylic acids is 1. The molecule has 0 amide bonds. The van der Waals surface area contributed by atoms with E-state index in [0.29, 0.717) is 0 Å². The lowest BCUT2D eigenvalue weighted by molar-refractivity contribution is 0.0947. The molecule has 1 aromatic carbocycles. The summed E-state index contributed by atoms with van der Waals surface area (Å²) in [4.78, 5) is 12.7. The van der Waals surface area contributed by atoms with Gasteiger partial charge in [0, 0.05) is 18.2 Å². The van der Waals surface area contributed by atoms with Gasteiger partial charge >= 0.3 is 0 Å². The molecule has 0 saturated heterocycles. The number of nitrogens with zero attached hydrogens (tertiary/aromatic N) is 2. The van der Waals surface area contributed by atoms with E-state index >= 15 is 0 Å². The summed E-state index contributed by atoms with van der Waals surface area (Å²) in [5.74, 6) is 0.210. The van der Waals surface area contributed by atoms with E-state index in [9.17, 15) is 4.79 Å². The third-order valence-corrected chi connectivity index (χ3v) is 3.86. The maximum absolute atomic E-state index is 12.7. The number of hydrogen-bond acceptors (Lipinski definition) is 2. The predicted octanol–water partition coefficient (Wildman–Crippen LogP) is 3.38. The Morgan fingerprint density at radius 1 is 1.32 bits per heavy atom. The lowest BCUT2D eigenvalue weighted by atomic mass is 9.95. The number of fused-ring (bicyclic) bond motifs is 1. The molecule has 3 rings (SSSR count). The number of rotatable bonds is 3. The Morgan fingerprint density at radius 3 is 2.89 bits per heavy atom. The molecule has 1 unspecified atom stereocenters. The summed E-state index contributed by atoms with van der Waals surface area (Å²) in [5, 5.41) is 4.26. The Balaban J connectivity index is 1.96. The van der Waals surface area contributed by atoms with Gasteiger partial charge in [-0.1, -0.05) is 24.3 Å². The van der Waals surface area contributed by atoms with Crippen LogP contribution in [-0.4, -0.2) is 15.6 Å². The van der Waals surface area contributed by atoms with Crippen LogP contribution in [0.4, 0.5) is 0 Å². The molecule has 0 radical (unpaired) electrons. The molecular weight excluding hydrogens is 236 g/mol. The van der Waals surface area contributed by atoms with Crippen LogP contribution in [0.3, 0.4) is 0 Å². The molecule has 0 N–H and O–H groups in total. The van der Waals surface area contributed by atoms with E-state index in [1.54, 1.807) is 6.20 Å². The zero-order chi connectivity index (χ0) is 13.4. The van der Waals surface area contributed by atoms with Crippen molar-refractivity contribution < 1.29 is 4.79 Å². The molecule has 19 heavy (non-hydrogen) atoms. The van der Waals surface area contributed by atoms with Gasteiger partial charge in [0.15, 0.2) is 5.78 Å². The Kier molecular flexibility index (Phi) is 2.97. The highest BCUT2D eigenvalue weighted by molar-refractivity contribution is 6.00. The summed E-state index contributed by atoms with van der Waals surface area (Å²) in [6, 6.07) is 10.3. The Bertz CT molecular complexity index is 613. The van der Waals surface area contributed by atoms with Crippen molar-refractivity contribution in [2.24, 2.45) is 0 Å². The van der Waals surface area contributed by atoms with Crippen molar-refractivity contribution >= 4 is 5.78 Å². The molecule has 1 aliphatic carbocycles. The maximum atomic E-state index is 12.7. The van der Waals surface area contributed by atoms with Gasteiger partial charge in [-0.15, -0.1) is 0 Å². The lowest BCUT2D eigenvalue weighted by Crippen LogP contribution is -2.17. The second kappa shape index (κ2) is 4.65. The molecule has 98 valence electrons. The van der Waals surface area contributed by atoms with Crippen molar-refractivity contribution in [1.82, 2.24) is 9.78 Å².